The lowest BCUT2D eigenvalue weighted by Crippen LogP contribution is -2.38. The van der Waals surface area contributed by atoms with Gasteiger partial charge in [0.2, 0.25) is 0 Å². The van der Waals surface area contributed by atoms with E-state index in [1.807, 2.05) is 12.1 Å². The molecule has 0 bridgehead atoms. The number of hydrogen-bond donors (Lipinski definition) is 1. The largest absolute Gasteiger partial charge is 0.331 e. The summed E-state index contributed by atoms with van der Waals surface area (Å²) in [6.07, 6.45) is 4.98. The van der Waals surface area contributed by atoms with E-state index < -0.39 is 0 Å². The monoisotopic (exact) mass is 341 g/mol. The van der Waals surface area contributed by atoms with Crippen molar-refractivity contribution < 1.29 is 0 Å². The molecule has 2 saturated heterocycles. The van der Waals surface area contributed by atoms with Crippen molar-refractivity contribution in [2.45, 2.75) is 37.8 Å². The molecule has 0 aliphatic carbocycles. The zero-order valence-corrected chi connectivity index (χ0v) is 13.9. The molecule has 1 aromatic carbocycles. The van der Waals surface area contributed by atoms with E-state index >= 15 is 0 Å². The van der Waals surface area contributed by atoms with E-state index in [0.717, 1.165) is 28.3 Å². The Morgan fingerprint density at radius 3 is 2.76 bits per heavy atom. The van der Waals surface area contributed by atoms with Crippen LogP contribution in [-0.2, 0) is 0 Å². The van der Waals surface area contributed by atoms with Crippen molar-refractivity contribution in [2.24, 2.45) is 0 Å². The topological polar surface area (TPSA) is 24.0 Å². The second-order valence-corrected chi connectivity index (χ2v) is 7.29. The van der Waals surface area contributed by atoms with Crippen molar-refractivity contribution in [2.75, 3.05) is 13.1 Å². The third-order valence-electron chi connectivity index (χ3n) is 4.92. The van der Waals surface area contributed by atoms with Gasteiger partial charge in [-0.1, -0.05) is 23.2 Å². The number of halogens is 2. The fraction of sp³-hybridized carbons (Fsp3) is 0.533. The van der Waals surface area contributed by atoms with E-state index in [1.165, 1.54) is 32.4 Å². The number of nitrogens with zero attached hydrogens (tertiary/aromatic N) is 2. The minimum Gasteiger partial charge on any atom is -0.331 e. The lowest BCUT2D eigenvalue weighted by Gasteiger charge is -2.35. The first kappa shape index (κ1) is 14.1. The summed E-state index contributed by atoms with van der Waals surface area (Å²) in [6.45, 7) is 2.43. The summed E-state index contributed by atoms with van der Waals surface area (Å²) in [7, 11) is 0. The van der Waals surface area contributed by atoms with Gasteiger partial charge in [0, 0.05) is 18.6 Å². The van der Waals surface area contributed by atoms with E-state index in [-0.39, 0.29) is 0 Å². The first-order chi connectivity index (χ1) is 10.1. The highest BCUT2D eigenvalue weighted by Crippen LogP contribution is 2.36. The molecule has 0 amide bonds. The van der Waals surface area contributed by atoms with Crippen molar-refractivity contribution in [3.63, 3.8) is 0 Å². The van der Waals surface area contributed by atoms with Crippen LogP contribution in [0.25, 0.3) is 11.0 Å². The Bertz CT molecular complexity index is 751. The van der Waals surface area contributed by atoms with E-state index in [9.17, 15) is 0 Å². The zero-order valence-electron chi connectivity index (χ0n) is 11.6. The zero-order chi connectivity index (χ0) is 14.6. The van der Waals surface area contributed by atoms with Gasteiger partial charge in [-0.2, -0.15) is 0 Å². The number of benzene rings is 1. The van der Waals surface area contributed by atoms with E-state index in [0.29, 0.717) is 16.1 Å². The Morgan fingerprint density at radius 1 is 1.10 bits per heavy atom. The van der Waals surface area contributed by atoms with Gasteiger partial charge in [-0.15, -0.1) is 0 Å². The summed E-state index contributed by atoms with van der Waals surface area (Å²) in [6, 6.07) is 4.99. The molecule has 4 rings (SSSR count). The number of rotatable bonds is 1. The van der Waals surface area contributed by atoms with Crippen molar-refractivity contribution in [1.82, 2.24) is 14.5 Å². The molecule has 0 spiro atoms. The number of fused-ring (bicyclic) bond motifs is 2. The van der Waals surface area contributed by atoms with Crippen LogP contribution in [0.3, 0.4) is 0 Å². The molecule has 112 valence electrons. The van der Waals surface area contributed by atoms with E-state index in [2.05, 4.69) is 14.5 Å². The number of imidazole rings is 1. The number of H-pyrrole nitrogens is 1. The van der Waals surface area contributed by atoms with Crippen molar-refractivity contribution in [3.05, 3.63) is 26.9 Å². The fourth-order valence-corrected chi connectivity index (χ4v) is 4.60. The molecule has 3 heterocycles. The predicted octanol–water partition coefficient (Wildman–Crippen LogP) is 4.80. The fourth-order valence-electron chi connectivity index (χ4n) is 3.92. The second kappa shape index (κ2) is 5.27. The van der Waals surface area contributed by atoms with Gasteiger partial charge in [0.25, 0.3) is 0 Å². The summed E-state index contributed by atoms with van der Waals surface area (Å²) < 4.78 is 3.03. The SMILES string of the molecule is S=c1[nH]c2cc(Cl)c(Cl)cc2n1C1CCN2CCCC2C1. The molecule has 0 saturated carbocycles. The number of nitrogens with one attached hydrogen (secondary N) is 1. The van der Waals surface area contributed by atoms with Gasteiger partial charge in [-0.05, 0) is 56.6 Å². The Morgan fingerprint density at radius 2 is 1.90 bits per heavy atom. The number of piperidine rings is 1. The van der Waals surface area contributed by atoms with Crippen molar-refractivity contribution in [3.8, 4) is 0 Å². The molecule has 2 aliphatic rings. The summed E-state index contributed by atoms with van der Waals surface area (Å²) in [5.41, 5.74) is 2.05. The standard InChI is InChI=1S/C15H17Cl2N3S/c16-11-7-13-14(8-12(11)17)20(15(21)18-13)10-3-5-19-4-1-2-9(19)6-10/h7-10H,1-6H2,(H,18,21). The van der Waals surface area contributed by atoms with Gasteiger partial charge in [0.05, 0.1) is 21.1 Å². The first-order valence-corrected chi connectivity index (χ1v) is 8.63. The maximum absolute atomic E-state index is 6.20. The smallest absolute Gasteiger partial charge is 0.178 e. The highest BCUT2D eigenvalue weighted by Gasteiger charge is 2.33. The average Bonchev–Trinajstić information content (AvgIpc) is 3.02. The number of aromatic amines is 1. The van der Waals surface area contributed by atoms with Crippen molar-refractivity contribution in [1.29, 1.82) is 0 Å². The molecule has 3 nitrogen and oxygen atoms in total. The van der Waals surface area contributed by atoms with Crippen LogP contribution in [0.4, 0.5) is 0 Å². The van der Waals surface area contributed by atoms with Crippen LogP contribution in [0.15, 0.2) is 12.1 Å². The van der Waals surface area contributed by atoms with Gasteiger partial charge >= 0.3 is 0 Å². The first-order valence-electron chi connectivity index (χ1n) is 7.47. The molecule has 1 aromatic heterocycles. The minimum absolute atomic E-state index is 0.461. The summed E-state index contributed by atoms with van der Waals surface area (Å²) in [5, 5.41) is 1.16. The van der Waals surface area contributed by atoms with Crippen LogP contribution < -0.4 is 0 Å². The number of aromatic nitrogens is 2. The van der Waals surface area contributed by atoms with Gasteiger partial charge in [-0.25, -0.2) is 0 Å². The van der Waals surface area contributed by atoms with Gasteiger partial charge in [0.15, 0.2) is 4.77 Å². The molecule has 1 N–H and O–H groups in total. The molecule has 21 heavy (non-hydrogen) atoms. The van der Waals surface area contributed by atoms with Gasteiger partial charge in [-0.3, -0.25) is 0 Å². The minimum atomic E-state index is 0.461. The summed E-state index contributed by atoms with van der Waals surface area (Å²) in [5.74, 6) is 0. The third-order valence-corrected chi connectivity index (χ3v) is 5.94. The van der Waals surface area contributed by atoms with Crippen LogP contribution in [0.5, 0.6) is 0 Å². The second-order valence-electron chi connectivity index (χ2n) is 6.09. The average molecular weight is 342 g/mol. The molecular formula is C15H17Cl2N3S. The van der Waals surface area contributed by atoms with E-state index in [4.69, 9.17) is 35.4 Å². The molecule has 2 aliphatic heterocycles. The quantitative estimate of drug-likeness (QED) is 0.753. The highest BCUT2D eigenvalue weighted by molar-refractivity contribution is 7.71. The van der Waals surface area contributed by atoms with Gasteiger partial charge in [0.1, 0.15) is 0 Å². The molecule has 0 radical (unpaired) electrons. The Kier molecular flexibility index (Phi) is 3.53. The highest BCUT2D eigenvalue weighted by atomic mass is 35.5. The van der Waals surface area contributed by atoms with Crippen LogP contribution >= 0.6 is 35.4 Å². The molecular weight excluding hydrogens is 325 g/mol. The van der Waals surface area contributed by atoms with Crippen LogP contribution in [0, 0.1) is 4.77 Å². The lowest BCUT2D eigenvalue weighted by atomic mass is 9.97. The van der Waals surface area contributed by atoms with Crippen LogP contribution in [0.1, 0.15) is 31.7 Å². The summed E-state index contributed by atoms with van der Waals surface area (Å²) in [4.78, 5) is 5.90. The molecule has 2 fully saturated rings. The number of hydrogen-bond acceptors (Lipinski definition) is 2. The maximum atomic E-state index is 6.20. The van der Waals surface area contributed by atoms with Gasteiger partial charge < -0.3 is 14.5 Å². The Labute approximate surface area is 138 Å². The van der Waals surface area contributed by atoms with Crippen LogP contribution in [0.2, 0.25) is 10.0 Å². The van der Waals surface area contributed by atoms with Crippen molar-refractivity contribution >= 4 is 46.5 Å². The third kappa shape index (κ3) is 2.33. The Balaban J connectivity index is 1.77. The van der Waals surface area contributed by atoms with E-state index in [1.54, 1.807) is 0 Å². The molecule has 2 aromatic rings. The molecule has 6 heteroatoms. The Hall–Kier alpha value is -0.550. The van der Waals surface area contributed by atoms with Crippen LogP contribution in [-0.4, -0.2) is 33.6 Å². The maximum Gasteiger partial charge on any atom is 0.178 e. The normalized spacial score (nSPS) is 26.4. The molecule has 2 unspecified atom stereocenters. The molecule has 2 atom stereocenters. The lowest BCUT2D eigenvalue weighted by molar-refractivity contribution is 0.156. The predicted molar refractivity (Wildman–Crippen MR) is 90.0 cm³/mol. The summed E-state index contributed by atoms with van der Waals surface area (Å²) >= 11 is 17.8.